The van der Waals surface area contributed by atoms with Gasteiger partial charge in [0.05, 0.1) is 0 Å². The molecule has 0 aliphatic rings. The minimum absolute atomic E-state index is 0.0105. The van der Waals surface area contributed by atoms with E-state index in [0.717, 1.165) is 0 Å². The molecule has 0 heterocycles. The maximum Gasteiger partial charge on any atom is 0.130 e. The van der Waals surface area contributed by atoms with Gasteiger partial charge in [-0.15, -0.1) is 0 Å². The molecule has 0 rings (SSSR count). The molecular weight excluding hydrogens is 89.8 g/mol. The molecule has 0 saturated heterocycles. The summed E-state index contributed by atoms with van der Waals surface area (Å²) in [6.45, 7) is 4.49. The minimum atomic E-state index is -0.0105. The molecule has 0 aromatic carbocycles. The summed E-state index contributed by atoms with van der Waals surface area (Å²) in [6.07, 6.45) is 1.25. The summed E-state index contributed by atoms with van der Waals surface area (Å²) in [5.41, 5.74) is 0. The summed E-state index contributed by atoms with van der Waals surface area (Å²) in [5.74, 6) is 2.39. The Morgan fingerprint density at radius 1 is 1.83 bits per heavy atom. The Labute approximate surface area is 41.7 Å². The molecule has 0 nitrogen and oxygen atoms in total. The molecule has 0 N–H and O–H groups in total. The van der Waals surface area contributed by atoms with Crippen LogP contribution in [0.2, 0.25) is 0 Å². The lowest BCUT2D eigenvalue weighted by molar-refractivity contribution is 1.35. The molecule has 0 fully saturated rings. The standard InChI is InChI=1S/C4H12BP/c1-3-4-6(2)5/h4,6H,3,5H2,1-2H3. The lowest BCUT2D eigenvalue weighted by Crippen LogP contribution is -1.62. The fourth-order valence-electron chi connectivity index (χ4n) is 0.408. The smallest absolute Gasteiger partial charge is 0.130 e. The Kier molecular flexibility index (Phi) is 3.77. The molecule has 0 aromatic rings. The van der Waals surface area contributed by atoms with Gasteiger partial charge in [-0.1, -0.05) is 19.4 Å². The second-order valence-electron chi connectivity index (χ2n) is 1.69. The van der Waals surface area contributed by atoms with Crippen LogP contribution in [0.15, 0.2) is 0 Å². The predicted octanol–water partition coefficient (Wildman–Crippen LogP) is 0.591. The van der Waals surface area contributed by atoms with E-state index in [1.54, 1.807) is 0 Å². The van der Waals surface area contributed by atoms with Gasteiger partial charge in [-0.3, -0.25) is 0 Å². The van der Waals surface area contributed by atoms with Crippen molar-refractivity contribution in [1.82, 2.24) is 0 Å². The second kappa shape index (κ2) is 3.55. The number of rotatable bonds is 1. The Balaban J connectivity index is 3.14. The van der Waals surface area contributed by atoms with E-state index >= 15 is 0 Å². The molecule has 0 spiro atoms. The van der Waals surface area contributed by atoms with Crippen LogP contribution in [0.4, 0.5) is 0 Å². The van der Waals surface area contributed by atoms with E-state index in [9.17, 15) is 0 Å². The minimum Gasteiger partial charge on any atom is -0.159 e. The zero-order chi connectivity index (χ0) is 4.99. The monoisotopic (exact) mass is 102 g/mol. The second-order valence-corrected chi connectivity index (χ2v) is 4.25. The van der Waals surface area contributed by atoms with E-state index in [1.807, 2.05) is 0 Å². The van der Waals surface area contributed by atoms with Crippen LogP contribution in [0.1, 0.15) is 13.3 Å². The SMILES string of the molecule is B/[PH](C)=C/CC. The van der Waals surface area contributed by atoms with E-state index < -0.39 is 0 Å². The highest BCUT2D eigenvalue weighted by Crippen LogP contribution is 2.04. The van der Waals surface area contributed by atoms with Gasteiger partial charge in [0.1, 0.15) is 7.57 Å². The normalized spacial score (nSPS) is 15.0. The van der Waals surface area contributed by atoms with Crippen molar-refractivity contribution in [2.24, 2.45) is 0 Å². The number of hydrogen-bond donors (Lipinski definition) is 0. The molecule has 0 aliphatic heterocycles. The molecule has 0 bridgehead atoms. The zero-order valence-electron chi connectivity index (χ0n) is 4.78. The first-order chi connectivity index (χ1) is 2.77. The topological polar surface area (TPSA) is 0 Å². The van der Waals surface area contributed by atoms with Gasteiger partial charge in [0, 0.05) is 0 Å². The van der Waals surface area contributed by atoms with Crippen molar-refractivity contribution in [3.05, 3.63) is 0 Å². The van der Waals surface area contributed by atoms with Crippen LogP contribution in [-0.2, 0) is 0 Å². The third-order valence-electron chi connectivity index (χ3n) is 0.612. The van der Waals surface area contributed by atoms with Crippen molar-refractivity contribution < 1.29 is 0 Å². The third-order valence-corrected chi connectivity index (χ3v) is 1.84. The highest BCUT2D eigenvalue weighted by Gasteiger charge is 1.66. The van der Waals surface area contributed by atoms with E-state index in [1.165, 1.54) is 6.42 Å². The summed E-state index contributed by atoms with van der Waals surface area (Å²) in [5, 5.41) is 0. The summed E-state index contributed by atoms with van der Waals surface area (Å²) in [7, 11) is 2.29. The van der Waals surface area contributed by atoms with Gasteiger partial charge >= 0.3 is 0 Å². The quantitative estimate of drug-likeness (QED) is 0.335. The van der Waals surface area contributed by atoms with Crippen molar-refractivity contribution in [1.29, 1.82) is 0 Å². The first-order valence-electron chi connectivity index (χ1n) is 2.40. The van der Waals surface area contributed by atoms with Gasteiger partial charge in [-0.2, -0.15) is 7.42 Å². The average molecular weight is 102 g/mol. The maximum atomic E-state index is 2.39. The molecule has 6 heavy (non-hydrogen) atoms. The van der Waals surface area contributed by atoms with E-state index in [-0.39, 0.29) is 7.42 Å². The van der Waals surface area contributed by atoms with Crippen LogP contribution in [0.3, 0.4) is 0 Å². The van der Waals surface area contributed by atoms with Crippen molar-refractivity contribution in [3.63, 3.8) is 0 Å². The van der Waals surface area contributed by atoms with Crippen molar-refractivity contribution >= 4 is 20.8 Å². The molecule has 0 amide bonds. The van der Waals surface area contributed by atoms with Crippen LogP contribution in [0.5, 0.6) is 0 Å². The first kappa shape index (κ1) is 6.36. The highest BCUT2D eigenvalue weighted by atomic mass is 31.1. The maximum absolute atomic E-state index is 2.39. The van der Waals surface area contributed by atoms with Gasteiger partial charge < -0.3 is 0 Å². The summed E-state index contributed by atoms with van der Waals surface area (Å²) >= 11 is 0. The third kappa shape index (κ3) is 4.36. The zero-order valence-corrected chi connectivity index (χ0v) is 5.78. The van der Waals surface area contributed by atoms with Crippen LogP contribution in [0.25, 0.3) is 0 Å². The molecule has 1 unspecified atom stereocenters. The van der Waals surface area contributed by atoms with Gasteiger partial charge in [-0.05, 0) is 6.42 Å². The fraction of sp³-hybridized carbons (Fsp3) is 0.750. The van der Waals surface area contributed by atoms with Crippen LogP contribution < -0.4 is 0 Å². The fourth-order valence-corrected chi connectivity index (χ4v) is 1.22. The van der Waals surface area contributed by atoms with E-state index in [0.29, 0.717) is 0 Å². The lowest BCUT2D eigenvalue weighted by Gasteiger charge is -1.81. The molecular formula is C4H12BP. The van der Waals surface area contributed by atoms with Gasteiger partial charge in [-0.25, -0.2) is 0 Å². The Morgan fingerprint density at radius 2 is 2.33 bits per heavy atom. The Hall–Kier alpha value is 0.365. The van der Waals surface area contributed by atoms with E-state index in [4.69, 9.17) is 0 Å². The molecule has 36 valence electrons. The average Bonchev–Trinajstić information content (AvgIpc) is 1.35. The van der Waals surface area contributed by atoms with Crippen LogP contribution >= 0.6 is 7.42 Å². The number of hydrogen-bond acceptors (Lipinski definition) is 0. The largest absolute Gasteiger partial charge is 0.159 e. The van der Waals surface area contributed by atoms with Gasteiger partial charge in [0.15, 0.2) is 0 Å². The Morgan fingerprint density at radius 3 is 2.33 bits per heavy atom. The first-order valence-corrected chi connectivity index (χ1v) is 4.98. The van der Waals surface area contributed by atoms with Crippen molar-refractivity contribution in [3.8, 4) is 0 Å². The molecule has 0 radical (unpaired) electrons. The predicted molar refractivity (Wildman–Crippen MR) is 39.1 cm³/mol. The molecule has 0 aromatic heterocycles. The molecule has 0 aliphatic carbocycles. The summed E-state index contributed by atoms with van der Waals surface area (Å²) < 4.78 is 0. The molecule has 1 atom stereocenters. The van der Waals surface area contributed by atoms with Crippen molar-refractivity contribution in [2.75, 3.05) is 6.66 Å². The Bertz CT molecular complexity index is 54.6. The van der Waals surface area contributed by atoms with E-state index in [2.05, 4.69) is 27.0 Å². The molecule has 2 heteroatoms. The van der Waals surface area contributed by atoms with Crippen LogP contribution in [0, 0.1) is 0 Å². The van der Waals surface area contributed by atoms with Gasteiger partial charge in [0.2, 0.25) is 0 Å². The van der Waals surface area contributed by atoms with Crippen molar-refractivity contribution in [2.45, 2.75) is 13.3 Å². The summed E-state index contributed by atoms with van der Waals surface area (Å²) in [6, 6.07) is 0. The lowest BCUT2D eigenvalue weighted by atomic mass is 10.6. The summed E-state index contributed by atoms with van der Waals surface area (Å²) in [4.78, 5) is 0. The molecule has 0 saturated carbocycles. The van der Waals surface area contributed by atoms with Gasteiger partial charge in [0.25, 0.3) is 0 Å². The highest BCUT2D eigenvalue weighted by molar-refractivity contribution is 7.80. The van der Waals surface area contributed by atoms with Crippen LogP contribution in [-0.4, -0.2) is 20.0 Å².